The van der Waals surface area contributed by atoms with Crippen molar-refractivity contribution < 1.29 is 9.18 Å². The minimum atomic E-state index is -0.381. The molecule has 0 bridgehead atoms. The molecule has 1 aliphatic rings. The lowest BCUT2D eigenvalue weighted by Gasteiger charge is -2.30. The Morgan fingerprint density at radius 3 is 2.53 bits per heavy atom. The van der Waals surface area contributed by atoms with Crippen LogP contribution in [0.25, 0.3) is 21.9 Å². The third-order valence-corrected chi connectivity index (χ3v) is 6.23. The number of aromatic nitrogens is 2. The molecule has 5 rings (SSSR count). The van der Waals surface area contributed by atoms with Gasteiger partial charge in [-0.15, -0.1) is 0 Å². The molecule has 4 aromatic rings. The number of nitrogens with one attached hydrogen (secondary N) is 2. The first-order valence-corrected chi connectivity index (χ1v) is 11.4. The molecule has 6 nitrogen and oxygen atoms in total. The second-order valence-electron chi connectivity index (χ2n) is 8.78. The van der Waals surface area contributed by atoms with Crippen LogP contribution in [-0.2, 0) is 0 Å². The van der Waals surface area contributed by atoms with Gasteiger partial charge in [0.05, 0.1) is 5.69 Å². The summed E-state index contributed by atoms with van der Waals surface area (Å²) in [6.07, 6.45) is 7.71. The number of fused-ring (bicyclic) bond motifs is 1. The average Bonchev–Trinajstić information content (AvgIpc) is 2.85. The second-order valence-corrected chi connectivity index (χ2v) is 8.78. The van der Waals surface area contributed by atoms with Crippen molar-refractivity contribution in [1.29, 1.82) is 0 Å². The SMILES string of the molecule is CN1CCC(Nc2cncc(-c3ccc4cnc(NC(=O)c5ccc(F)cc5)cc4c3)c2)CC1. The lowest BCUT2D eigenvalue weighted by atomic mass is 10.0. The normalized spacial score (nSPS) is 14.8. The number of halogens is 1. The quantitative estimate of drug-likeness (QED) is 0.433. The zero-order valence-electron chi connectivity index (χ0n) is 19.0. The Bertz CT molecular complexity index is 1320. The van der Waals surface area contributed by atoms with Crippen LogP contribution < -0.4 is 10.6 Å². The number of carbonyl (C=O) groups is 1. The van der Waals surface area contributed by atoms with E-state index in [1.807, 2.05) is 24.5 Å². The zero-order valence-corrected chi connectivity index (χ0v) is 19.0. The van der Waals surface area contributed by atoms with E-state index in [9.17, 15) is 9.18 Å². The van der Waals surface area contributed by atoms with Gasteiger partial charge in [0.2, 0.25) is 0 Å². The van der Waals surface area contributed by atoms with Gasteiger partial charge in [-0.1, -0.05) is 12.1 Å². The molecule has 2 N–H and O–H groups in total. The Morgan fingerprint density at radius 1 is 0.941 bits per heavy atom. The number of hydrogen-bond donors (Lipinski definition) is 2. The Morgan fingerprint density at radius 2 is 1.74 bits per heavy atom. The fraction of sp³-hybridized carbons (Fsp3) is 0.222. The van der Waals surface area contributed by atoms with Gasteiger partial charge in [0.15, 0.2) is 0 Å². The highest BCUT2D eigenvalue weighted by Crippen LogP contribution is 2.27. The van der Waals surface area contributed by atoms with Crippen LogP contribution in [0.4, 0.5) is 15.9 Å². The zero-order chi connectivity index (χ0) is 23.5. The van der Waals surface area contributed by atoms with Crippen molar-refractivity contribution in [2.75, 3.05) is 30.8 Å². The summed E-state index contributed by atoms with van der Waals surface area (Å²) >= 11 is 0. The Balaban J connectivity index is 1.35. The molecule has 0 atom stereocenters. The Kier molecular flexibility index (Phi) is 6.18. The number of benzene rings is 2. The molecule has 2 aromatic heterocycles. The van der Waals surface area contributed by atoms with E-state index in [4.69, 9.17) is 0 Å². The van der Waals surface area contributed by atoms with Gasteiger partial charge in [0, 0.05) is 41.1 Å². The predicted molar refractivity (Wildman–Crippen MR) is 133 cm³/mol. The number of amides is 1. The maximum absolute atomic E-state index is 13.1. The number of piperidine rings is 1. The minimum Gasteiger partial charge on any atom is -0.381 e. The van der Waals surface area contributed by atoms with E-state index in [1.54, 1.807) is 6.20 Å². The molecule has 1 fully saturated rings. The van der Waals surface area contributed by atoms with Crippen molar-refractivity contribution >= 4 is 28.2 Å². The summed E-state index contributed by atoms with van der Waals surface area (Å²) in [6, 6.07) is 16.0. The van der Waals surface area contributed by atoms with Crippen LogP contribution in [0.15, 0.2) is 73.2 Å². The molecule has 7 heteroatoms. The van der Waals surface area contributed by atoms with Crippen molar-refractivity contribution in [3.05, 3.63) is 84.6 Å². The molecule has 3 heterocycles. The van der Waals surface area contributed by atoms with Gasteiger partial charge in [-0.3, -0.25) is 9.78 Å². The fourth-order valence-electron chi connectivity index (χ4n) is 4.24. The number of pyridine rings is 2. The van der Waals surface area contributed by atoms with Gasteiger partial charge in [0.25, 0.3) is 5.91 Å². The van der Waals surface area contributed by atoms with E-state index in [0.29, 0.717) is 17.4 Å². The Labute approximate surface area is 197 Å². The highest BCUT2D eigenvalue weighted by Gasteiger charge is 2.16. The molecular weight excluding hydrogens is 429 g/mol. The van der Waals surface area contributed by atoms with Gasteiger partial charge in [-0.25, -0.2) is 9.37 Å². The maximum Gasteiger partial charge on any atom is 0.256 e. The van der Waals surface area contributed by atoms with Gasteiger partial charge < -0.3 is 15.5 Å². The number of hydrogen-bond acceptors (Lipinski definition) is 5. The van der Waals surface area contributed by atoms with Crippen LogP contribution in [0.5, 0.6) is 0 Å². The fourth-order valence-corrected chi connectivity index (χ4v) is 4.24. The van der Waals surface area contributed by atoms with Crippen molar-refractivity contribution in [3.8, 4) is 11.1 Å². The van der Waals surface area contributed by atoms with Crippen molar-refractivity contribution in [1.82, 2.24) is 14.9 Å². The molecule has 2 aromatic carbocycles. The van der Waals surface area contributed by atoms with Crippen molar-refractivity contribution in [2.24, 2.45) is 0 Å². The topological polar surface area (TPSA) is 70.2 Å². The maximum atomic E-state index is 13.1. The highest BCUT2D eigenvalue weighted by atomic mass is 19.1. The summed E-state index contributed by atoms with van der Waals surface area (Å²) < 4.78 is 13.1. The summed E-state index contributed by atoms with van der Waals surface area (Å²) in [7, 11) is 2.16. The molecular formula is C27H26FN5O. The number of rotatable bonds is 5. The van der Waals surface area contributed by atoms with Gasteiger partial charge in [-0.2, -0.15) is 0 Å². The van der Waals surface area contributed by atoms with Crippen molar-refractivity contribution in [2.45, 2.75) is 18.9 Å². The third kappa shape index (κ3) is 5.05. The molecule has 1 saturated heterocycles. The first-order valence-electron chi connectivity index (χ1n) is 11.4. The van der Waals surface area contributed by atoms with Gasteiger partial charge >= 0.3 is 0 Å². The average molecular weight is 456 g/mol. The summed E-state index contributed by atoms with van der Waals surface area (Å²) in [5, 5.41) is 8.34. The monoisotopic (exact) mass is 455 g/mol. The number of anilines is 2. The molecule has 0 aliphatic carbocycles. The second kappa shape index (κ2) is 9.57. The largest absolute Gasteiger partial charge is 0.381 e. The van der Waals surface area contributed by atoms with Crippen LogP contribution in [0.1, 0.15) is 23.2 Å². The van der Waals surface area contributed by atoms with E-state index in [2.05, 4.69) is 50.7 Å². The van der Waals surface area contributed by atoms with Gasteiger partial charge in [0.1, 0.15) is 11.6 Å². The van der Waals surface area contributed by atoms with E-state index in [1.165, 1.54) is 24.3 Å². The molecule has 1 aliphatic heterocycles. The highest BCUT2D eigenvalue weighted by molar-refractivity contribution is 6.04. The smallest absolute Gasteiger partial charge is 0.256 e. The van der Waals surface area contributed by atoms with Crippen LogP contribution in [0, 0.1) is 5.82 Å². The molecule has 172 valence electrons. The standard InChI is InChI=1S/C27H26FN5O/c1-33-10-8-24(9-11-33)31-25-13-22(15-29-17-25)19-2-3-20-16-30-26(14-21(20)12-19)32-27(34)18-4-6-23(28)7-5-18/h2-7,12-17,24,31H,8-11H2,1H3,(H,30,32,34). The first kappa shape index (κ1) is 22.0. The molecule has 0 unspecified atom stereocenters. The van der Waals surface area contributed by atoms with E-state index < -0.39 is 0 Å². The minimum absolute atomic E-state index is 0.333. The lowest BCUT2D eigenvalue weighted by molar-refractivity contribution is 0.102. The number of likely N-dealkylation sites (tertiary alicyclic amines) is 1. The first-order chi connectivity index (χ1) is 16.5. The van der Waals surface area contributed by atoms with E-state index in [0.717, 1.165) is 53.5 Å². The third-order valence-electron chi connectivity index (χ3n) is 6.23. The van der Waals surface area contributed by atoms with Crippen LogP contribution in [0.2, 0.25) is 0 Å². The predicted octanol–water partition coefficient (Wildman–Crippen LogP) is 5.19. The lowest BCUT2D eigenvalue weighted by Crippen LogP contribution is -2.36. The van der Waals surface area contributed by atoms with Crippen LogP contribution in [-0.4, -0.2) is 47.0 Å². The molecule has 34 heavy (non-hydrogen) atoms. The molecule has 0 spiro atoms. The summed E-state index contributed by atoms with van der Waals surface area (Å²) in [4.78, 5) is 23.6. The van der Waals surface area contributed by atoms with Gasteiger partial charge in [-0.05, 0) is 86.4 Å². The molecule has 1 amide bonds. The van der Waals surface area contributed by atoms with Crippen LogP contribution >= 0.6 is 0 Å². The van der Waals surface area contributed by atoms with E-state index in [-0.39, 0.29) is 11.7 Å². The number of carbonyl (C=O) groups excluding carboxylic acids is 1. The molecule has 0 saturated carbocycles. The van der Waals surface area contributed by atoms with Crippen LogP contribution in [0.3, 0.4) is 0 Å². The summed E-state index contributed by atoms with van der Waals surface area (Å²) in [5.74, 6) is -0.275. The Hall–Kier alpha value is -3.84. The summed E-state index contributed by atoms with van der Waals surface area (Å²) in [6.45, 7) is 2.20. The summed E-state index contributed by atoms with van der Waals surface area (Å²) in [5.41, 5.74) is 3.45. The van der Waals surface area contributed by atoms with Crippen molar-refractivity contribution in [3.63, 3.8) is 0 Å². The molecule has 0 radical (unpaired) electrons. The van der Waals surface area contributed by atoms with E-state index >= 15 is 0 Å². The number of nitrogens with zero attached hydrogens (tertiary/aromatic N) is 3.